The molecule has 1 aliphatic heterocycles. The number of carboxylic acids is 1. The van der Waals surface area contributed by atoms with Crippen molar-refractivity contribution < 1.29 is 14.7 Å². The fourth-order valence-electron chi connectivity index (χ4n) is 2.92. The van der Waals surface area contributed by atoms with Crippen LogP contribution in [0, 0.1) is 12.8 Å². The Hall–Kier alpha value is -2.04. The highest BCUT2D eigenvalue weighted by Gasteiger charge is 2.35. The number of aryl methyl sites for hydroxylation is 1. The van der Waals surface area contributed by atoms with Crippen LogP contribution in [0.1, 0.15) is 35.7 Å². The number of anilines is 1. The average Bonchev–Trinajstić information content (AvgIpc) is 2.37. The number of hydrogen-bond donors (Lipinski definition) is 2. The van der Waals surface area contributed by atoms with Crippen LogP contribution >= 0.6 is 0 Å². The lowest BCUT2D eigenvalue weighted by atomic mass is 9.89. The van der Waals surface area contributed by atoms with Crippen molar-refractivity contribution in [1.29, 1.82) is 0 Å². The largest absolute Gasteiger partial charge is 0.480 e. The molecule has 0 bridgehead atoms. The number of carbonyl (C=O) groups is 2. The predicted molar refractivity (Wildman–Crippen MR) is 76.9 cm³/mol. The van der Waals surface area contributed by atoms with Crippen molar-refractivity contribution in [2.75, 3.05) is 11.4 Å². The van der Waals surface area contributed by atoms with Gasteiger partial charge in [-0.1, -0.05) is 13.0 Å². The van der Waals surface area contributed by atoms with Gasteiger partial charge in [-0.25, -0.2) is 4.79 Å². The fraction of sp³-hybridized carbons (Fsp3) is 0.467. The maximum absolute atomic E-state index is 11.6. The number of rotatable bonds is 3. The number of nitrogens with two attached hydrogens (primary N) is 1. The van der Waals surface area contributed by atoms with Crippen LogP contribution in [0.3, 0.4) is 0 Å². The van der Waals surface area contributed by atoms with Gasteiger partial charge in [-0.3, -0.25) is 4.79 Å². The average molecular weight is 276 g/mol. The molecule has 20 heavy (non-hydrogen) atoms. The summed E-state index contributed by atoms with van der Waals surface area (Å²) < 4.78 is 0. The zero-order chi connectivity index (χ0) is 14.9. The van der Waals surface area contributed by atoms with Gasteiger partial charge in [0.05, 0.1) is 11.3 Å². The van der Waals surface area contributed by atoms with Gasteiger partial charge in [0.1, 0.15) is 6.04 Å². The Labute approximate surface area is 118 Å². The molecule has 0 aromatic heterocycles. The first-order chi connectivity index (χ1) is 9.41. The van der Waals surface area contributed by atoms with E-state index >= 15 is 0 Å². The smallest absolute Gasteiger partial charge is 0.326 e. The molecule has 0 radical (unpaired) electrons. The van der Waals surface area contributed by atoms with Crippen molar-refractivity contribution in [3.63, 3.8) is 0 Å². The van der Waals surface area contributed by atoms with Gasteiger partial charge < -0.3 is 15.7 Å². The topological polar surface area (TPSA) is 83.6 Å². The normalized spacial score (nSPS) is 22.6. The maximum Gasteiger partial charge on any atom is 0.326 e. The summed E-state index contributed by atoms with van der Waals surface area (Å²) >= 11 is 0. The quantitative estimate of drug-likeness (QED) is 0.881. The molecule has 2 atom stereocenters. The summed E-state index contributed by atoms with van der Waals surface area (Å²) in [6.45, 7) is 4.48. The maximum atomic E-state index is 11.6. The fourth-order valence-corrected chi connectivity index (χ4v) is 2.92. The van der Waals surface area contributed by atoms with Crippen LogP contribution < -0.4 is 10.6 Å². The van der Waals surface area contributed by atoms with Gasteiger partial charge in [0.25, 0.3) is 5.91 Å². The summed E-state index contributed by atoms with van der Waals surface area (Å²) in [5.74, 6) is -1.33. The number of amides is 1. The van der Waals surface area contributed by atoms with Crippen LogP contribution in [0.2, 0.25) is 0 Å². The molecule has 5 heteroatoms. The van der Waals surface area contributed by atoms with Gasteiger partial charge in [-0.2, -0.15) is 0 Å². The summed E-state index contributed by atoms with van der Waals surface area (Å²) in [5.41, 5.74) is 7.41. The minimum atomic E-state index is -0.853. The molecule has 0 spiro atoms. The number of benzene rings is 1. The molecule has 108 valence electrons. The number of aliphatic carboxylic acids is 1. The molecule has 2 unspecified atom stereocenters. The zero-order valence-corrected chi connectivity index (χ0v) is 11.8. The SMILES string of the molecule is Cc1ccc(C(N)=O)c(N2CCCC(C)C2C(=O)O)c1. The first kappa shape index (κ1) is 14.4. The highest BCUT2D eigenvalue weighted by molar-refractivity contribution is 5.99. The number of carboxylic acid groups (broad SMARTS) is 1. The van der Waals surface area contributed by atoms with E-state index in [1.54, 1.807) is 6.07 Å². The molecular weight excluding hydrogens is 256 g/mol. The van der Waals surface area contributed by atoms with E-state index in [1.165, 1.54) is 0 Å². The molecule has 1 amide bonds. The number of primary amides is 1. The molecule has 5 nitrogen and oxygen atoms in total. The zero-order valence-electron chi connectivity index (χ0n) is 11.8. The Morgan fingerprint density at radius 3 is 2.70 bits per heavy atom. The summed E-state index contributed by atoms with van der Waals surface area (Å²) in [5, 5.41) is 9.48. The third-order valence-electron chi connectivity index (χ3n) is 3.91. The number of carbonyl (C=O) groups excluding carboxylic acids is 1. The van der Waals surface area contributed by atoms with Crippen molar-refractivity contribution in [2.24, 2.45) is 11.7 Å². The van der Waals surface area contributed by atoms with E-state index in [4.69, 9.17) is 5.73 Å². The number of piperidine rings is 1. The first-order valence-corrected chi connectivity index (χ1v) is 6.81. The second-order valence-electron chi connectivity index (χ2n) is 5.48. The van der Waals surface area contributed by atoms with Crippen molar-refractivity contribution in [3.05, 3.63) is 29.3 Å². The lowest BCUT2D eigenvalue weighted by Gasteiger charge is -2.39. The highest BCUT2D eigenvalue weighted by atomic mass is 16.4. The third-order valence-corrected chi connectivity index (χ3v) is 3.91. The molecule has 0 aliphatic carbocycles. The molecule has 1 aromatic carbocycles. The van der Waals surface area contributed by atoms with E-state index in [9.17, 15) is 14.7 Å². The minimum absolute atomic E-state index is 0.0440. The molecule has 1 saturated heterocycles. The van der Waals surface area contributed by atoms with Gasteiger partial charge in [-0.05, 0) is 43.4 Å². The summed E-state index contributed by atoms with van der Waals surface area (Å²) in [6.07, 6.45) is 1.79. The second-order valence-corrected chi connectivity index (χ2v) is 5.48. The van der Waals surface area contributed by atoms with Crippen LogP contribution in [0.4, 0.5) is 5.69 Å². The molecule has 3 N–H and O–H groups in total. The standard InChI is InChI=1S/C15H20N2O3/c1-9-5-6-11(14(16)18)12(8-9)17-7-3-4-10(2)13(17)15(19)20/h5-6,8,10,13H,3-4,7H2,1-2H3,(H2,16,18)(H,19,20). The lowest BCUT2D eigenvalue weighted by molar-refractivity contribution is -0.140. The van der Waals surface area contributed by atoms with Crippen molar-refractivity contribution in [2.45, 2.75) is 32.7 Å². The first-order valence-electron chi connectivity index (χ1n) is 6.81. The Bertz CT molecular complexity index is 542. The van der Waals surface area contributed by atoms with E-state index in [1.807, 2.05) is 30.9 Å². The Morgan fingerprint density at radius 1 is 1.40 bits per heavy atom. The Kier molecular flexibility index (Phi) is 3.97. The van der Waals surface area contributed by atoms with E-state index in [0.29, 0.717) is 17.8 Å². The van der Waals surface area contributed by atoms with Crippen molar-refractivity contribution in [3.8, 4) is 0 Å². The van der Waals surface area contributed by atoms with Crippen LogP contribution in [0.15, 0.2) is 18.2 Å². The van der Waals surface area contributed by atoms with E-state index in [2.05, 4.69) is 0 Å². The minimum Gasteiger partial charge on any atom is -0.480 e. The summed E-state index contributed by atoms with van der Waals surface area (Å²) in [7, 11) is 0. The predicted octanol–water partition coefficient (Wildman–Crippen LogP) is 1.78. The molecule has 0 saturated carbocycles. The molecular formula is C15H20N2O3. The number of nitrogens with zero attached hydrogens (tertiary/aromatic N) is 1. The molecule has 1 fully saturated rings. The van der Waals surface area contributed by atoms with Gasteiger partial charge in [0, 0.05) is 6.54 Å². The monoisotopic (exact) mass is 276 g/mol. The van der Waals surface area contributed by atoms with Crippen LogP contribution in [0.5, 0.6) is 0 Å². The van der Waals surface area contributed by atoms with Crippen molar-refractivity contribution in [1.82, 2.24) is 0 Å². The molecule has 2 rings (SSSR count). The van der Waals surface area contributed by atoms with E-state index in [0.717, 1.165) is 18.4 Å². The number of hydrogen-bond acceptors (Lipinski definition) is 3. The Balaban J connectivity index is 2.50. The molecule has 1 aromatic rings. The van der Waals surface area contributed by atoms with Gasteiger partial charge >= 0.3 is 5.97 Å². The van der Waals surface area contributed by atoms with Gasteiger partial charge in [0.15, 0.2) is 0 Å². The summed E-state index contributed by atoms with van der Waals surface area (Å²) in [4.78, 5) is 24.9. The van der Waals surface area contributed by atoms with E-state index < -0.39 is 17.9 Å². The molecule has 1 aliphatic rings. The van der Waals surface area contributed by atoms with Crippen molar-refractivity contribution >= 4 is 17.6 Å². The van der Waals surface area contributed by atoms with Gasteiger partial charge in [0.2, 0.25) is 0 Å². The van der Waals surface area contributed by atoms with Crippen LogP contribution in [0.25, 0.3) is 0 Å². The molecule has 1 heterocycles. The lowest BCUT2D eigenvalue weighted by Crippen LogP contribution is -2.50. The van der Waals surface area contributed by atoms with Crippen LogP contribution in [-0.2, 0) is 4.79 Å². The van der Waals surface area contributed by atoms with Crippen LogP contribution in [-0.4, -0.2) is 29.6 Å². The second kappa shape index (κ2) is 5.53. The summed E-state index contributed by atoms with van der Waals surface area (Å²) in [6, 6.07) is 4.72. The van der Waals surface area contributed by atoms with E-state index in [-0.39, 0.29) is 5.92 Å². The Morgan fingerprint density at radius 2 is 2.10 bits per heavy atom. The highest BCUT2D eigenvalue weighted by Crippen LogP contribution is 2.31. The van der Waals surface area contributed by atoms with Gasteiger partial charge in [-0.15, -0.1) is 0 Å². The third kappa shape index (κ3) is 2.61.